The van der Waals surface area contributed by atoms with Gasteiger partial charge in [-0.1, -0.05) is 11.3 Å². The molecule has 2 rings (SSSR count). The van der Waals surface area contributed by atoms with Gasteiger partial charge in [0.15, 0.2) is 0 Å². The normalized spacial score (nSPS) is 10.6. The van der Waals surface area contributed by atoms with Crippen molar-refractivity contribution in [1.82, 2.24) is 20.3 Å². The SMILES string of the molecule is CNCc1cn(Cc2ccc(OC)c(Br)c2)nn1. The Balaban J connectivity index is 2.10. The third-order valence-electron chi connectivity index (χ3n) is 2.50. The molecule has 0 saturated heterocycles. The van der Waals surface area contributed by atoms with Gasteiger partial charge >= 0.3 is 0 Å². The largest absolute Gasteiger partial charge is 0.496 e. The van der Waals surface area contributed by atoms with Gasteiger partial charge in [-0.15, -0.1) is 5.10 Å². The standard InChI is InChI=1S/C12H15BrN4O/c1-14-6-10-8-17(16-15-10)7-9-3-4-12(18-2)11(13)5-9/h3-5,8,14H,6-7H2,1-2H3. The zero-order valence-corrected chi connectivity index (χ0v) is 11.9. The monoisotopic (exact) mass is 310 g/mol. The lowest BCUT2D eigenvalue weighted by Crippen LogP contribution is -2.05. The molecule has 0 fully saturated rings. The first kappa shape index (κ1) is 13.0. The molecule has 0 bridgehead atoms. The molecule has 1 heterocycles. The van der Waals surface area contributed by atoms with E-state index in [1.165, 1.54) is 0 Å². The third kappa shape index (κ3) is 3.08. The molecule has 0 unspecified atom stereocenters. The maximum atomic E-state index is 5.20. The summed E-state index contributed by atoms with van der Waals surface area (Å²) in [5.74, 6) is 0.827. The van der Waals surface area contributed by atoms with Crippen LogP contribution in [-0.2, 0) is 13.1 Å². The van der Waals surface area contributed by atoms with Crippen LogP contribution in [0.4, 0.5) is 0 Å². The van der Waals surface area contributed by atoms with E-state index in [1.807, 2.05) is 36.1 Å². The van der Waals surface area contributed by atoms with Gasteiger partial charge in [0.25, 0.3) is 0 Å². The summed E-state index contributed by atoms with van der Waals surface area (Å²) >= 11 is 3.47. The molecule has 0 amide bonds. The molecule has 5 nitrogen and oxygen atoms in total. The Morgan fingerprint density at radius 1 is 1.44 bits per heavy atom. The molecule has 0 aliphatic rings. The summed E-state index contributed by atoms with van der Waals surface area (Å²) < 4.78 is 7.96. The molecule has 1 aromatic carbocycles. The molecular weight excluding hydrogens is 296 g/mol. The number of nitrogens with zero attached hydrogens (tertiary/aromatic N) is 3. The van der Waals surface area contributed by atoms with E-state index in [0.29, 0.717) is 6.54 Å². The van der Waals surface area contributed by atoms with Gasteiger partial charge in [-0.25, -0.2) is 4.68 Å². The van der Waals surface area contributed by atoms with Crippen molar-refractivity contribution in [2.45, 2.75) is 13.1 Å². The third-order valence-corrected chi connectivity index (χ3v) is 3.12. The van der Waals surface area contributed by atoms with E-state index in [4.69, 9.17) is 4.74 Å². The Morgan fingerprint density at radius 2 is 2.28 bits per heavy atom. The van der Waals surface area contributed by atoms with Gasteiger partial charge < -0.3 is 10.1 Å². The highest BCUT2D eigenvalue weighted by Crippen LogP contribution is 2.25. The number of rotatable bonds is 5. The van der Waals surface area contributed by atoms with Crippen molar-refractivity contribution in [3.8, 4) is 5.75 Å². The number of ether oxygens (including phenoxy) is 1. The number of nitrogens with one attached hydrogen (secondary N) is 1. The van der Waals surface area contributed by atoms with Crippen LogP contribution in [0.25, 0.3) is 0 Å². The van der Waals surface area contributed by atoms with Gasteiger partial charge in [0.2, 0.25) is 0 Å². The van der Waals surface area contributed by atoms with Crippen LogP contribution in [0, 0.1) is 0 Å². The highest BCUT2D eigenvalue weighted by atomic mass is 79.9. The summed E-state index contributed by atoms with van der Waals surface area (Å²) in [5.41, 5.74) is 2.08. The van der Waals surface area contributed by atoms with Crippen LogP contribution in [0.2, 0.25) is 0 Å². The summed E-state index contributed by atoms with van der Waals surface area (Å²) in [6, 6.07) is 5.98. The number of methoxy groups -OCH3 is 1. The predicted octanol–water partition coefficient (Wildman–Crippen LogP) is 1.82. The molecule has 1 aromatic heterocycles. The minimum atomic E-state index is 0.694. The molecule has 0 aliphatic heterocycles. The molecular formula is C12H15BrN4O. The van der Waals surface area contributed by atoms with E-state index >= 15 is 0 Å². The van der Waals surface area contributed by atoms with Crippen molar-refractivity contribution in [2.24, 2.45) is 0 Å². The summed E-state index contributed by atoms with van der Waals surface area (Å²) in [6.45, 7) is 1.42. The minimum absolute atomic E-state index is 0.694. The average molecular weight is 311 g/mol. The Hall–Kier alpha value is -1.40. The molecule has 0 aliphatic carbocycles. The lowest BCUT2D eigenvalue weighted by Gasteiger charge is -2.06. The Bertz CT molecular complexity index is 527. The molecule has 0 saturated carbocycles. The first-order valence-corrected chi connectivity index (χ1v) is 6.38. The lowest BCUT2D eigenvalue weighted by atomic mass is 10.2. The van der Waals surface area contributed by atoms with E-state index < -0.39 is 0 Å². The molecule has 1 N–H and O–H groups in total. The minimum Gasteiger partial charge on any atom is -0.496 e. The molecule has 0 atom stereocenters. The quantitative estimate of drug-likeness (QED) is 0.915. The van der Waals surface area contributed by atoms with E-state index in [1.54, 1.807) is 7.11 Å². The second kappa shape index (κ2) is 5.97. The van der Waals surface area contributed by atoms with Crippen molar-refractivity contribution >= 4 is 15.9 Å². The zero-order chi connectivity index (χ0) is 13.0. The molecule has 2 aromatic rings. The molecule has 0 spiro atoms. The Morgan fingerprint density at radius 3 is 2.94 bits per heavy atom. The van der Waals surface area contributed by atoms with Gasteiger partial charge in [0, 0.05) is 6.54 Å². The van der Waals surface area contributed by atoms with E-state index in [9.17, 15) is 0 Å². The Labute approximate surface area is 114 Å². The van der Waals surface area contributed by atoms with Crippen LogP contribution in [-0.4, -0.2) is 29.2 Å². The molecule has 0 radical (unpaired) electrons. The number of aromatic nitrogens is 3. The van der Waals surface area contributed by atoms with Gasteiger partial charge in [-0.2, -0.15) is 0 Å². The van der Waals surface area contributed by atoms with Crippen LogP contribution in [0.1, 0.15) is 11.3 Å². The van der Waals surface area contributed by atoms with Crippen molar-refractivity contribution < 1.29 is 4.74 Å². The first-order chi connectivity index (χ1) is 8.72. The fraction of sp³-hybridized carbons (Fsp3) is 0.333. The van der Waals surface area contributed by atoms with Crippen LogP contribution in [0.15, 0.2) is 28.9 Å². The van der Waals surface area contributed by atoms with Gasteiger partial charge in [0.05, 0.1) is 30.0 Å². The van der Waals surface area contributed by atoms with E-state index in [-0.39, 0.29) is 0 Å². The molecule has 18 heavy (non-hydrogen) atoms. The van der Waals surface area contributed by atoms with Crippen molar-refractivity contribution in [1.29, 1.82) is 0 Å². The highest BCUT2D eigenvalue weighted by molar-refractivity contribution is 9.10. The van der Waals surface area contributed by atoms with Crippen LogP contribution in [0.5, 0.6) is 5.75 Å². The second-order valence-electron chi connectivity index (χ2n) is 3.91. The average Bonchev–Trinajstić information content (AvgIpc) is 2.77. The number of halogens is 1. The number of benzene rings is 1. The highest BCUT2D eigenvalue weighted by Gasteiger charge is 2.04. The summed E-state index contributed by atoms with van der Waals surface area (Å²) in [7, 11) is 3.54. The van der Waals surface area contributed by atoms with Crippen LogP contribution < -0.4 is 10.1 Å². The van der Waals surface area contributed by atoms with Gasteiger partial charge in [-0.3, -0.25) is 0 Å². The van der Waals surface area contributed by atoms with E-state index in [0.717, 1.165) is 28.0 Å². The van der Waals surface area contributed by atoms with Crippen LogP contribution in [0.3, 0.4) is 0 Å². The maximum absolute atomic E-state index is 5.20. The summed E-state index contributed by atoms with van der Waals surface area (Å²) in [4.78, 5) is 0. The fourth-order valence-electron chi connectivity index (χ4n) is 1.67. The summed E-state index contributed by atoms with van der Waals surface area (Å²) in [6.07, 6.45) is 1.94. The zero-order valence-electron chi connectivity index (χ0n) is 10.4. The fourth-order valence-corrected chi connectivity index (χ4v) is 2.26. The predicted molar refractivity (Wildman–Crippen MR) is 72.6 cm³/mol. The topological polar surface area (TPSA) is 52.0 Å². The van der Waals surface area contributed by atoms with E-state index in [2.05, 4.69) is 31.6 Å². The Kier molecular flexibility index (Phi) is 4.33. The van der Waals surface area contributed by atoms with Crippen molar-refractivity contribution in [2.75, 3.05) is 14.2 Å². The van der Waals surface area contributed by atoms with Crippen molar-refractivity contribution in [3.63, 3.8) is 0 Å². The smallest absolute Gasteiger partial charge is 0.133 e. The summed E-state index contributed by atoms with van der Waals surface area (Å²) in [5, 5.41) is 11.2. The maximum Gasteiger partial charge on any atom is 0.133 e. The van der Waals surface area contributed by atoms with Crippen molar-refractivity contribution in [3.05, 3.63) is 40.1 Å². The lowest BCUT2D eigenvalue weighted by molar-refractivity contribution is 0.412. The second-order valence-corrected chi connectivity index (χ2v) is 4.76. The first-order valence-electron chi connectivity index (χ1n) is 5.59. The van der Waals surface area contributed by atoms with Crippen LogP contribution >= 0.6 is 15.9 Å². The number of hydrogen-bond acceptors (Lipinski definition) is 4. The van der Waals surface area contributed by atoms with Gasteiger partial charge in [0.1, 0.15) is 5.75 Å². The molecule has 96 valence electrons. The van der Waals surface area contributed by atoms with Gasteiger partial charge in [-0.05, 0) is 40.7 Å². The molecule has 6 heteroatoms. The number of hydrogen-bond donors (Lipinski definition) is 1.